The van der Waals surface area contributed by atoms with Gasteiger partial charge >= 0.3 is 0 Å². The van der Waals surface area contributed by atoms with Crippen LogP contribution in [-0.2, 0) is 0 Å². The largest absolute Gasteiger partial charge is 0.352 e. The molecule has 0 unspecified atom stereocenters. The molecule has 0 atom stereocenters. The molecule has 0 N–H and O–H groups in total. The highest BCUT2D eigenvalue weighted by molar-refractivity contribution is 5.50. The first-order valence-corrected chi connectivity index (χ1v) is 8.65. The zero-order valence-corrected chi connectivity index (χ0v) is 14.3. The van der Waals surface area contributed by atoms with Gasteiger partial charge in [-0.2, -0.15) is 9.78 Å². The van der Waals surface area contributed by atoms with E-state index in [9.17, 15) is 0 Å². The van der Waals surface area contributed by atoms with Crippen LogP contribution in [-0.4, -0.2) is 56.0 Å². The lowest BCUT2D eigenvalue weighted by molar-refractivity contribution is 0.486. The summed E-state index contributed by atoms with van der Waals surface area (Å²) >= 11 is 0. The highest BCUT2D eigenvalue weighted by atomic mass is 15.4. The smallest absolute Gasteiger partial charge is 0.178 e. The van der Waals surface area contributed by atoms with Gasteiger partial charge in [0.15, 0.2) is 17.2 Å². The molecule has 0 amide bonds. The second-order valence-electron chi connectivity index (χ2n) is 6.84. The standard InChI is InChI=1S/C17H17N9/c1-24(16-8-19-12(6-18)7-20-16)13-9-25(10-13)15-5-4-14-21-22-17(11-2-3-11)26(14)23-15/h4-5,7-8,11,13H,2-3,9-10H2,1H3. The maximum Gasteiger partial charge on any atom is 0.178 e. The van der Waals surface area contributed by atoms with E-state index in [2.05, 4.69) is 30.0 Å². The van der Waals surface area contributed by atoms with E-state index < -0.39 is 0 Å². The van der Waals surface area contributed by atoms with E-state index in [1.165, 1.54) is 19.0 Å². The van der Waals surface area contributed by atoms with Crippen molar-refractivity contribution in [3.05, 3.63) is 36.0 Å². The number of likely N-dealkylation sites (N-methyl/N-ethyl adjacent to an activating group) is 1. The Morgan fingerprint density at radius 3 is 2.69 bits per heavy atom. The van der Waals surface area contributed by atoms with Crippen molar-refractivity contribution in [1.82, 2.24) is 29.8 Å². The van der Waals surface area contributed by atoms with Gasteiger partial charge in [0.05, 0.1) is 18.4 Å². The lowest BCUT2D eigenvalue weighted by Crippen LogP contribution is -2.59. The quantitative estimate of drug-likeness (QED) is 0.689. The summed E-state index contributed by atoms with van der Waals surface area (Å²) in [4.78, 5) is 12.7. The summed E-state index contributed by atoms with van der Waals surface area (Å²) in [6.45, 7) is 1.72. The van der Waals surface area contributed by atoms with Crippen molar-refractivity contribution in [2.75, 3.05) is 29.9 Å². The zero-order valence-electron chi connectivity index (χ0n) is 14.3. The predicted octanol–water partition coefficient (Wildman–Crippen LogP) is 0.988. The maximum atomic E-state index is 8.82. The number of anilines is 2. The summed E-state index contributed by atoms with van der Waals surface area (Å²) in [6.07, 6.45) is 5.50. The summed E-state index contributed by atoms with van der Waals surface area (Å²) < 4.78 is 1.89. The summed E-state index contributed by atoms with van der Waals surface area (Å²) in [5, 5.41) is 22.1. The normalized spacial score (nSPS) is 17.2. The van der Waals surface area contributed by atoms with Crippen molar-refractivity contribution < 1.29 is 0 Å². The highest BCUT2D eigenvalue weighted by Crippen LogP contribution is 2.38. The summed E-state index contributed by atoms with van der Waals surface area (Å²) in [5.74, 6) is 3.20. The topological polar surface area (TPSA) is 99.1 Å². The van der Waals surface area contributed by atoms with E-state index in [4.69, 9.17) is 10.4 Å². The fraction of sp³-hybridized carbons (Fsp3) is 0.412. The van der Waals surface area contributed by atoms with Crippen LogP contribution in [0.25, 0.3) is 5.65 Å². The van der Waals surface area contributed by atoms with Crippen LogP contribution in [0.2, 0.25) is 0 Å². The molecule has 0 aromatic carbocycles. The maximum absolute atomic E-state index is 8.82. The molecule has 9 nitrogen and oxygen atoms in total. The summed E-state index contributed by atoms with van der Waals surface area (Å²) in [6, 6.07) is 6.29. The van der Waals surface area contributed by atoms with Crippen LogP contribution in [0.1, 0.15) is 30.3 Å². The Hall–Kier alpha value is -3.28. The second-order valence-corrected chi connectivity index (χ2v) is 6.84. The third-order valence-electron chi connectivity index (χ3n) is 5.06. The molecular formula is C17H17N9. The number of nitrogens with zero attached hydrogens (tertiary/aromatic N) is 9. The van der Waals surface area contributed by atoms with Crippen molar-refractivity contribution in [3.8, 4) is 6.07 Å². The van der Waals surface area contributed by atoms with Crippen molar-refractivity contribution in [2.24, 2.45) is 0 Å². The van der Waals surface area contributed by atoms with Crippen molar-refractivity contribution in [3.63, 3.8) is 0 Å². The molecule has 3 aromatic heterocycles. The molecule has 0 spiro atoms. The first kappa shape index (κ1) is 15.0. The predicted molar refractivity (Wildman–Crippen MR) is 93.9 cm³/mol. The van der Waals surface area contributed by atoms with E-state index in [-0.39, 0.29) is 0 Å². The molecule has 1 saturated heterocycles. The molecule has 2 aliphatic rings. The first-order valence-electron chi connectivity index (χ1n) is 8.65. The Morgan fingerprint density at radius 2 is 2.00 bits per heavy atom. The molecule has 4 heterocycles. The summed E-state index contributed by atoms with van der Waals surface area (Å²) in [7, 11) is 2.00. The molecule has 5 rings (SSSR count). The van der Waals surface area contributed by atoms with E-state index in [0.29, 0.717) is 17.7 Å². The van der Waals surface area contributed by atoms with Gasteiger partial charge in [-0.3, -0.25) is 0 Å². The van der Waals surface area contributed by atoms with E-state index in [1.807, 2.05) is 29.8 Å². The average Bonchev–Trinajstić information content (AvgIpc) is 3.40. The van der Waals surface area contributed by atoms with Gasteiger partial charge in [-0.25, -0.2) is 9.97 Å². The Kier molecular flexibility index (Phi) is 3.25. The first-order chi connectivity index (χ1) is 12.7. The molecule has 26 heavy (non-hydrogen) atoms. The van der Waals surface area contributed by atoms with E-state index in [1.54, 1.807) is 6.20 Å². The minimum atomic E-state index is 0.329. The van der Waals surface area contributed by atoms with Gasteiger partial charge in [0.2, 0.25) is 0 Å². The Bertz CT molecular complexity index is 993. The van der Waals surface area contributed by atoms with Crippen LogP contribution in [0.15, 0.2) is 24.5 Å². The number of rotatable bonds is 4. The van der Waals surface area contributed by atoms with Crippen molar-refractivity contribution in [1.29, 1.82) is 5.26 Å². The summed E-state index contributed by atoms with van der Waals surface area (Å²) in [5.41, 5.74) is 1.13. The molecule has 9 heteroatoms. The van der Waals surface area contributed by atoms with Crippen LogP contribution < -0.4 is 9.80 Å². The van der Waals surface area contributed by atoms with Gasteiger partial charge < -0.3 is 9.80 Å². The third kappa shape index (κ3) is 2.42. The fourth-order valence-corrected chi connectivity index (χ4v) is 3.20. The highest BCUT2D eigenvalue weighted by Gasteiger charge is 2.33. The minimum Gasteiger partial charge on any atom is -0.352 e. The van der Waals surface area contributed by atoms with Crippen molar-refractivity contribution >= 4 is 17.3 Å². The lowest BCUT2D eigenvalue weighted by atomic mass is 10.1. The molecule has 1 aliphatic heterocycles. The van der Waals surface area contributed by atoms with Crippen LogP contribution in [0.4, 0.5) is 11.6 Å². The number of aromatic nitrogens is 6. The van der Waals surface area contributed by atoms with Gasteiger partial charge in [0.25, 0.3) is 0 Å². The van der Waals surface area contributed by atoms with Crippen LogP contribution >= 0.6 is 0 Å². The van der Waals surface area contributed by atoms with Gasteiger partial charge in [0.1, 0.15) is 17.7 Å². The average molecular weight is 347 g/mol. The fourth-order valence-electron chi connectivity index (χ4n) is 3.20. The SMILES string of the molecule is CN(c1cnc(C#N)cn1)C1CN(c2ccc3nnc(C4CC4)n3n2)C1. The number of hydrogen-bond donors (Lipinski definition) is 0. The van der Waals surface area contributed by atoms with Crippen LogP contribution in [0, 0.1) is 11.3 Å². The molecule has 0 radical (unpaired) electrons. The Labute approximate surface area is 149 Å². The molecule has 0 bridgehead atoms. The van der Waals surface area contributed by atoms with Crippen LogP contribution in [0.5, 0.6) is 0 Å². The van der Waals surface area contributed by atoms with Crippen LogP contribution in [0.3, 0.4) is 0 Å². The Morgan fingerprint density at radius 1 is 1.15 bits per heavy atom. The second kappa shape index (κ2) is 5.62. The Balaban J connectivity index is 1.30. The van der Waals surface area contributed by atoms with E-state index >= 15 is 0 Å². The molecular weight excluding hydrogens is 330 g/mol. The van der Waals surface area contributed by atoms with E-state index in [0.717, 1.165) is 36.2 Å². The molecule has 2 fully saturated rings. The molecule has 3 aromatic rings. The number of nitriles is 1. The van der Waals surface area contributed by atoms with Crippen molar-refractivity contribution in [2.45, 2.75) is 24.8 Å². The van der Waals surface area contributed by atoms with Gasteiger partial charge in [-0.1, -0.05) is 0 Å². The van der Waals surface area contributed by atoms with Gasteiger partial charge in [-0.15, -0.1) is 15.3 Å². The minimum absolute atomic E-state index is 0.329. The lowest BCUT2D eigenvalue weighted by Gasteiger charge is -2.44. The molecule has 1 saturated carbocycles. The van der Waals surface area contributed by atoms with Gasteiger partial charge in [0, 0.05) is 26.1 Å². The number of fused-ring (bicyclic) bond motifs is 1. The third-order valence-corrected chi connectivity index (χ3v) is 5.06. The molecule has 130 valence electrons. The van der Waals surface area contributed by atoms with Gasteiger partial charge in [-0.05, 0) is 25.0 Å². The monoisotopic (exact) mass is 347 g/mol. The number of hydrogen-bond acceptors (Lipinski definition) is 8. The zero-order chi connectivity index (χ0) is 17.7. The molecule has 1 aliphatic carbocycles.